The molecule has 9 heteroatoms. The van der Waals surface area contributed by atoms with E-state index in [1.807, 2.05) is 4.90 Å². The number of halogens is 2. The number of amides is 1. The number of ether oxygens (including phenoxy) is 2. The zero-order valence-corrected chi connectivity index (χ0v) is 16.2. The fourth-order valence-corrected chi connectivity index (χ4v) is 4.60. The summed E-state index contributed by atoms with van der Waals surface area (Å²) in [5, 5.41) is 0.635. The summed E-state index contributed by atoms with van der Waals surface area (Å²) in [4.78, 5) is 20.9. The molecule has 0 N–H and O–H groups in total. The summed E-state index contributed by atoms with van der Waals surface area (Å²) in [6.45, 7) is 3.14. The molecule has 2 aliphatic heterocycles. The molecule has 5 rings (SSSR count). The minimum Gasteiger partial charge on any atom is -0.486 e. The van der Waals surface area contributed by atoms with Crippen LogP contribution in [0.5, 0.6) is 11.5 Å². The van der Waals surface area contributed by atoms with Crippen LogP contribution in [0.3, 0.4) is 0 Å². The van der Waals surface area contributed by atoms with Gasteiger partial charge in [0, 0.05) is 37.8 Å². The maximum atomic E-state index is 13.9. The van der Waals surface area contributed by atoms with Crippen molar-refractivity contribution < 1.29 is 23.0 Å². The Bertz CT molecular complexity index is 1100. The van der Waals surface area contributed by atoms with Gasteiger partial charge in [0.2, 0.25) is 0 Å². The molecular weight excluding hydrogens is 400 g/mol. The number of hydrogen-bond donors (Lipinski definition) is 0. The van der Waals surface area contributed by atoms with Crippen molar-refractivity contribution in [1.82, 2.24) is 9.88 Å². The number of anilines is 1. The van der Waals surface area contributed by atoms with E-state index in [2.05, 4.69) is 4.98 Å². The number of aromatic nitrogens is 1. The second-order valence-corrected chi connectivity index (χ2v) is 7.88. The maximum Gasteiger partial charge on any atom is 0.254 e. The molecule has 3 heterocycles. The molecule has 150 valence electrons. The van der Waals surface area contributed by atoms with Gasteiger partial charge in [0.1, 0.15) is 24.5 Å². The Kier molecular flexibility index (Phi) is 4.46. The Morgan fingerprint density at radius 1 is 1.00 bits per heavy atom. The van der Waals surface area contributed by atoms with Crippen molar-refractivity contribution in [2.24, 2.45) is 0 Å². The van der Waals surface area contributed by atoms with Gasteiger partial charge in [-0.15, -0.1) is 0 Å². The van der Waals surface area contributed by atoms with Gasteiger partial charge < -0.3 is 19.3 Å². The first kappa shape index (κ1) is 18.1. The normalized spacial score (nSPS) is 16.3. The molecule has 3 aromatic rings. The molecule has 1 aromatic heterocycles. The third kappa shape index (κ3) is 3.35. The summed E-state index contributed by atoms with van der Waals surface area (Å²) in [5.74, 6) is -0.101. The number of hydrogen-bond acceptors (Lipinski definition) is 6. The van der Waals surface area contributed by atoms with E-state index in [9.17, 15) is 13.6 Å². The second-order valence-electron chi connectivity index (χ2n) is 6.87. The summed E-state index contributed by atoms with van der Waals surface area (Å²) < 4.78 is 38.9. The predicted octanol–water partition coefficient (Wildman–Crippen LogP) is 3.31. The van der Waals surface area contributed by atoms with E-state index in [4.69, 9.17) is 9.47 Å². The van der Waals surface area contributed by atoms with Gasteiger partial charge in [-0.2, -0.15) is 0 Å². The summed E-state index contributed by atoms with van der Waals surface area (Å²) in [6.07, 6.45) is 0. The molecule has 0 bridgehead atoms. The Labute approximate surface area is 169 Å². The molecule has 0 unspecified atom stereocenters. The molecule has 0 aliphatic carbocycles. The second kappa shape index (κ2) is 7.14. The highest BCUT2D eigenvalue weighted by atomic mass is 32.1. The van der Waals surface area contributed by atoms with Crippen molar-refractivity contribution in [3.8, 4) is 11.5 Å². The highest BCUT2D eigenvalue weighted by Crippen LogP contribution is 2.33. The van der Waals surface area contributed by atoms with E-state index in [-0.39, 0.29) is 11.4 Å². The van der Waals surface area contributed by atoms with Crippen molar-refractivity contribution in [3.05, 3.63) is 47.5 Å². The van der Waals surface area contributed by atoms with Crippen molar-refractivity contribution >= 4 is 32.6 Å². The number of rotatable bonds is 2. The van der Waals surface area contributed by atoms with Gasteiger partial charge in [-0.05, 0) is 24.3 Å². The van der Waals surface area contributed by atoms with Gasteiger partial charge in [0.25, 0.3) is 5.91 Å². The average molecular weight is 417 g/mol. The Morgan fingerprint density at radius 2 is 1.76 bits per heavy atom. The van der Waals surface area contributed by atoms with Crippen molar-refractivity contribution in [1.29, 1.82) is 0 Å². The van der Waals surface area contributed by atoms with Crippen LogP contribution in [0.4, 0.5) is 13.9 Å². The smallest absolute Gasteiger partial charge is 0.254 e. The van der Waals surface area contributed by atoms with Gasteiger partial charge >= 0.3 is 0 Å². The number of benzene rings is 2. The van der Waals surface area contributed by atoms with Gasteiger partial charge in [-0.1, -0.05) is 11.3 Å². The Morgan fingerprint density at radius 3 is 2.55 bits per heavy atom. The molecule has 0 atom stereocenters. The SMILES string of the molecule is O=C(c1ccc2c(c1)OCCO2)N1CCN(c2nc3c(F)cc(F)cc3s2)CC1. The highest BCUT2D eigenvalue weighted by Gasteiger charge is 2.25. The highest BCUT2D eigenvalue weighted by molar-refractivity contribution is 7.22. The van der Waals surface area contributed by atoms with Crippen LogP contribution in [0.25, 0.3) is 10.2 Å². The van der Waals surface area contributed by atoms with Crippen molar-refractivity contribution in [2.75, 3.05) is 44.3 Å². The van der Waals surface area contributed by atoms with Gasteiger partial charge in [-0.3, -0.25) is 4.79 Å². The van der Waals surface area contributed by atoms with Gasteiger partial charge in [0.15, 0.2) is 22.4 Å². The maximum absolute atomic E-state index is 13.9. The molecule has 1 amide bonds. The molecule has 2 aromatic carbocycles. The lowest BCUT2D eigenvalue weighted by Gasteiger charge is -2.34. The summed E-state index contributed by atoms with van der Waals surface area (Å²) in [5.41, 5.74) is 0.737. The Balaban J connectivity index is 1.29. The van der Waals surface area contributed by atoms with E-state index in [0.717, 1.165) is 6.07 Å². The number of nitrogens with zero attached hydrogens (tertiary/aromatic N) is 3. The molecule has 6 nitrogen and oxygen atoms in total. The van der Waals surface area contributed by atoms with E-state index in [1.54, 1.807) is 23.1 Å². The van der Waals surface area contributed by atoms with Crippen LogP contribution >= 0.6 is 11.3 Å². The average Bonchev–Trinajstić information content (AvgIpc) is 3.17. The standard InChI is InChI=1S/C20H17F2N3O3S/c21-13-10-14(22)18-17(11-13)29-20(23-18)25-5-3-24(4-6-25)19(26)12-1-2-15-16(9-12)28-8-7-27-15/h1-2,9-11H,3-8H2. The van der Waals surface area contributed by atoms with E-state index >= 15 is 0 Å². The third-order valence-electron chi connectivity index (χ3n) is 5.03. The zero-order valence-electron chi connectivity index (χ0n) is 15.4. The molecule has 0 spiro atoms. The Hall–Kier alpha value is -2.94. The van der Waals surface area contributed by atoms with Gasteiger partial charge in [0.05, 0.1) is 4.70 Å². The molecule has 29 heavy (non-hydrogen) atoms. The first-order valence-electron chi connectivity index (χ1n) is 9.28. The van der Waals surface area contributed by atoms with E-state index < -0.39 is 11.6 Å². The summed E-state index contributed by atoms with van der Waals surface area (Å²) in [7, 11) is 0. The zero-order chi connectivity index (χ0) is 20.0. The molecule has 2 aliphatic rings. The fraction of sp³-hybridized carbons (Fsp3) is 0.300. The van der Waals surface area contributed by atoms with Crippen LogP contribution < -0.4 is 14.4 Å². The molecule has 0 radical (unpaired) electrons. The molecule has 1 fully saturated rings. The number of fused-ring (bicyclic) bond motifs is 2. The topological polar surface area (TPSA) is 54.9 Å². The van der Waals surface area contributed by atoms with Gasteiger partial charge in [-0.25, -0.2) is 13.8 Å². The fourth-order valence-electron chi connectivity index (χ4n) is 3.54. The number of carbonyl (C=O) groups excluding carboxylic acids is 1. The molecular formula is C20H17F2N3O3S. The first-order chi connectivity index (χ1) is 14.1. The lowest BCUT2D eigenvalue weighted by molar-refractivity contribution is 0.0745. The van der Waals surface area contributed by atoms with Crippen LogP contribution in [0, 0.1) is 11.6 Å². The van der Waals surface area contributed by atoms with Crippen LogP contribution in [-0.4, -0.2) is 55.2 Å². The monoisotopic (exact) mass is 417 g/mol. The quantitative estimate of drug-likeness (QED) is 0.641. The minimum atomic E-state index is -0.657. The van der Waals surface area contributed by atoms with Crippen LogP contribution in [0.1, 0.15) is 10.4 Å². The van der Waals surface area contributed by atoms with Crippen molar-refractivity contribution in [3.63, 3.8) is 0 Å². The number of piperazine rings is 1. The lowest BCUT2D eigenvalue weighted by atomic mass is 10.1. The molecule has 1 saturated heterocycles. The third-order valence-corrected chi connectivity index (χ3v) is 6.09. The van der Waals surface area contributed by atoms with Crippen LogP contribution in [-0.2, 0) is 0 Å². The van der Waals surface area contributed by atoms with Crippen LogP contribution in [0.15, 0.2) is 30.3 Å². The predicted molar refractivity (Wildman–Crippen MR) is 105 cm³/mol. The van der Waals surface area contributed by atoms with E-state index in [1.165, 1.54) is 17.4 Å². The lowest BCUT2D eigenvalue weighted by Crippen LogP contribution is -2.48. The summed E-state index contributed by atoms with van der Waals surface area (Å²) in [6, 6.07) is 7.35. The first-order valence-corrected chi connectivity index (χ1v) is 10.1. The number of carbonyl (C=O) groups is 1. The molecule has 0 saturated carbocycles. The van der Waals surface area contributed by atoms with Crippen LogP contribution in [0.2, 0.25) is 0 Å². The van der Waals surface area contributed by atoms with E-state index in [0.29, 0.717) is 66.3 Å². The minimum absolute atomic E-state index is 0.0703. The largest absolute Gasteiger partial charge is 0.486 e. The number of thiazole rings is 1. The summed E-state index contributed by atoms with van der Waals surface area (Å²) >= 11 is 1.25. The van der Waals surface area contributed by atoms with Crippen molar-refractivity contribution in [2.45, 2.75) is 0 Å².